The van der Waals surface area contributed by atoms with Gasteiger partial charge in [0.15, 0.2) is 11.5 Å². The van der Waals surface area contributed by atoms with Crippen molar-refractivity contribution >= 4 is 15.7 Å². The summed E-state index contributed by atoms with van der Waals surface area (Å²) in [6.45, 7) is 5.65. The third kappa shape index (κ3) is 3.62. The lowest BCUT2D eigenvalue weighted by molar-refractivity contribution is 0.325. The SMILES string of the molecule is C=CCN(c1ccc(OC)c(OC)c1OC)S(=O)(=O)c1ccc(C)cc1. The Hall–Kier alpha value is -2.67. The molecule has 0 spiro atoms. The molecule has 0 heterocycles. The van der Waals surface area contributed by atoms with Gasteiger partial charge in [-0.15, -0.1) is 6.58 Å². The maximum atomic E-state index is 13.2. The van der Waals surface area contributed by atoms with Crippen molar-refractivity contribution in [1.82, 2.24) is 0 Å². The van der Waals surface area contributed by atoms with E-state index >= 15 is 0 Å². The standard InChI is InChI=1S/C19H23NO5S/c1-6-13-20(26(21,22)15-9-7-14(2)8-10-15)16-11-12-17(23-3)19(25-5)18(16)24-4/h6-12H,1,13H2,2-5H3. The van der Waals surface area contributed by atoms with Crippen LogP contribution in [0.15, 0.2) is 53.9 Å². The number of sulfonamides is 1. The van der Waals surface area contributed by atoms with Crippen molar-refractivity contribution in [3.8, 4) is 17.2 Å². The molecular formula is C19H23NO5S. The number of anilines is 1. The monoisotopic (exact) mass is 377 g/mol. The highest BCUT2D eigenvalue weighted by atomic mass is 32.2. The van der Waals surface area contributed by atoms with Gasteiger partial charge in [-0.05, 0) is 31.2 Å². The Balaban J connectivity index is 2.67. The lowest BCUT2D eigenvalue weighted by Crippen LogP contribution is -2.31. The number of hydrogen-bond donors (Lipinski definition) is 0. The van der Waals surface area contributed by atoms with Crippen LogP contribution in [0.3, 0.4) is 0 Å². The Labute approximate surface area is 154 Å². The number of ether oxygens (including phenoxy) is 3. The molecule has 0 aliphatic carbocycles. The molecule has 0 aromatic heterocycles. The molecule has 0 N–H and O–H groups in total. The number of methoxy groups -OCH3 is 3. The average molecular weight is 377 g/mol. The van der Waals surface area contributed by atoms with Gasteiger partial charge in [0.1, 0.15) is 0 Å². The van der Waals surface area contributed by atoms with Crippen LogP contribution >= 0.6 is 0 Å². The Morgan fingerprint density at radius 3 is 2.08 bits per heavy atom. The van der Waals surface area contributed by atoms with E-state index in [0.29, 0.717) is 17.2 Å². The molecule has 0 saturated heterocycles. The predicted molar refractivity (Wildman–Crippen MR) is 102 cm³/mol. The molecule has 7 heteroatoms. The van der Waals surface area contributed by atoms with Crippen molar-refractivity contribution in [2.45, 2.75) is 11.8 Å². The van der Waals surface area contributed by atoms with Crippen molar-refractivity contribution in [2.75, 3.05) is 32.2 Å². The average Bonchev–Trinajstić information content (AvgIpc) is 2.65. The van der Waals surface area contributed by atoms with E-state index in [9.17, 15) is 8.42 Å². The minimum Gasteiger partial charge on any atom is -0.493 e. The van der Waals surface area contributed by atoms with E-state index in [0.717, 1.165) is 5.56 Å². The Morgan fingerprint density at radius 1 is 0.962 bits per heavy atom. The van der Waals surface area contributed by atoms with Crippen LogP contribution in [0, 0.1) is 6.92 Å². The number of aryl methyl sites for hydroxylation is 1. The fourth-order valence-electron chi connectivity index (χ4n) is 2.56. The number of hydrogen-bond acceptors (Lipinski definition) is 5. The molecule has 2 aromatic carbocycles. The second kappa shape index (κ2) is 8.14. The Bertz CT molecular complexity index is 876. The van der Waals surface area contributed by atoms with Crippen LogP contribution in [0.25, 0.3) is 0 Å². The maximum absolute atomic E-state index is 13.2. The second-order valence-electron chi connectivity index (χ2n) is 5.49. The molecule has 0 saturated carbocycles. The second-order valence-corrected chi connectivity index (χ2v) is 7.35. The third-order valence-electron chi connectivity index (χ3n) is 3.86. The van der Waals surface area contributed by atoms with E-state index in [-0.39, 0.29) is 17.2 Å². The zero-order chi connectivity index (χ0) is 19.3. The van der Waals surface area contributed by atoms with Gasteiger partial charge in [0.2, 0.25) is 5.75 Å². The third-order valence-corrected chi connectivity index (χ3v) is 5.65. The summed E-state index contributed by atoms with van der Waals surface area (Å²) in [7, 11) is 0.596. The molecule has 0 bridgehead atoms. The normalized spacial score (nSPS) is 10.9. The maximum Gasteiger partial charge on any atom is 0.264 e. The van der Waals surface area contributed by atoms with E-state index < -0.39 is 10.0 Å². The van der Waals surface area contributed by atoms with Crippen molar-refractivity contribution < 1.29 is 22.6 Å². The van der Waals surface area contributed by atoms with Gasteiger partial charge in [0.25, 0.3) is 10.0 Å². The molecule has 0 unspecified atom stereocenters. The zero-order valence-electron chi connectivity index (χ0n) is 15.4. The smallest absolute Gasteiger partial charge is 0.264 e. The van der Waals surface area contributed by atoms with Gasteiger partial charge in [-0.1, -0.05) is 23.8 Å². The Morgan fingerprint density at radius 2 is 1.58 bits per heavy atom. The summed E-state index contributed by atoms with van der Waals surface area (Å²) in [6.07, 6.45) is 1.52. The molecule has 0 atom stereocenters. The van der Waals surface area contributed by atoms with E-state index in [1.54, 1.807) is 36.4 Å². The minimum atomic E-state index is -3.82. The lowest BCUT2D eigenvalue weighted by atomic mass is 10.2. The van der Waals surface area contributed by atoms with Gasteiger partial charge in [-0.2, -0.15) is 0 Å². The molecule has 0 radical (unpaired) electrons. The van der Waals surface area contributed by atoms with E-state index in [1.807, 2.05) is 6.92 Å². The van der Waals surface area contributed by atoms with Gasteiger partial charge in [0.05, 0.1) is 38.5 Å². The van der Waals surface area contributed by atoms with Crippen molar-refractivity contribution in [3.63, 3.8) is 0 Å². The van der Waals surface area contributed by atoms with Crippen LogP contribution < -0.4 is 18.5 Å². The van der Waals surface area contributed by atoms with E-state index in [2.05, 4.69) is 6.58 Å². The van der Waals surface area contributed by atoms with Crippen LogP contribution in [0.4, 0.5) is 5.69 Å². The van der Waals surface area contributed by atoms with Crippen molar-refractivity contribution in [1.29, 1.82) is 0 Å². The van der Waals surface area contributed by atoms with Crippen LogP contribution in [0.5, 0.6) is 17.2 Å². The fraction of sp³-hybridized carbons (Fsp3) is 0.263. The molecule has 2 aromatic rings. The molecule has 2 rings (SSSR count). The summed E-state index contributed by atoms with van der Waals surface area (Å²) in [5.74, 6) is 1.03. The fourth-order valence-corrected chi connectivity index (χ4v) is 4.00. The first kappa shape index (κ1) is 19.7. The quantitative estimate of drug-likeness (QED) is 0.660. The Kier molecular flexibility index (Phi) is 6.15. The largest absolute Gasteiger partial charge is 0.493 e. The van der Waals surface area contributed by atoms with Gasteiger partial charge in [-0.25, -0.2) is 8.42 Å². The number of benzene rings is 2. The van der Waals surface area contributed by atoms with Crippen LogP contribution in [-0.2, 0) is 10.0 Å². The predicted octanol–water partition coefficient (Wildman–Crippen LogP) is 3.40. The molecule has 26 heavy (non-hydrogen) atoms. The van der Waals surface area contributed by atoms with Gasteiger partial charge >= 0.3 is 0 Å². The van der Waals surface area contributed by atoms with Crippen molar-refractivity contribution in [2.24, 2.45) is 0 Å². The lowest BCUT2D eigenvalue weighted by Gasteiger charge is -2.26. The molecule has 6 nitrogen and oxygen atoms in total. The first-order valence-corrected chi connectivity index (χ1v) is 9.34. The van der Waals surface area contributed by atoms with Gasteiger partial charge in [0, 0.05) is 0 Å². The number of rotatable bonds is 8. The first-order valence-electron chi connectivity index (χ1n) is 7.90. The summed E-state index contributed by atoms with van der Waals surface area (Å²) in [5.41, 5.74) is 1.31. The number of nitrogens with zero attached hydrogens (tertiary/aromatic N) is 1. The molecule has 0 aliphatic heterocycles. The van der Waals surface area contributed by atoms with Crippen LogP contribution in [0.1, 0.15) is 5.56 Å². The highest BCUT2D eigenvalue weighted by molar-refractivity contribution is 7.92. The molecule has 0 fully saturated rings. The summed E-state index contributed by atoms with van der Waals surface area (Å²) >= 11 is 0. The van der Waals surface area contributed by atoms with Crippen LogP contribution in [-0.4, -0.2) is 36.3 Å². The van der Waals surface area contributed by atoms with E-state index in [4.69, 9.17) is 14.2 Å². The highest BCUT2D eigenvalue weighted by Crippen LogP contribution is 2.45. The molecular weight excluding hydrogens is 354 g/mol. The van der Waals surface area contributed by atoms with Crippen LogP contribution in [0.2, 0.25) is 0 Å². The van der Waals surface area contributed by atoms with Gasteiger partial charge < -0.3 is 14.2 Å². The summed E-state index contributed by atoms with van der Waals surface area (Å²) in [6, 6.07) is 9.92. The molecule has 0 amide bonds. The molecule has 0 aliphatic rings. The van der Waals surface area contributed by atoms with E-state index in [1.165, 1.54) is 31.7 Å². The van der Waals surface area contributed by atoms with Gasteiger partial charge in [-0.3, -0.25) is 4.31 Å². The highest BCUT2D eigenvalue weighted by Gasteiger charge is 2.29. The minimum absolute atomic E-state index is 0.0715. The summed E-state index contributed by atoms with van der Waals surface area (Å²) in [5, 5.41) is 0. The first-order chi connectivity index (χ1) is 12.4. The summed E-state index contributed by atoms with van der Waals surface area (Å²) in [4.78, 5) is 0.182. The van der Waals surface area contributed by atoms with Crippen molar-refractivity contribution in [3.05, 3.63) is 54.6 Å². The summed E-state index contributed by atoms with van der Waals surface area (Å²) < 4.78 is 43.7. The molecule has 140 valence electrons. The zero-order valence-corrected chi connectivity index (χ0v) is 16.2. The topological polar surface area (TPSA) is 65.1 Å².